The van der Waals surface area contributed by atoms with E-state index in [9.17, 15) is 22.8 Å². The van der Waals surface area contributed by atoms with Crippen molar-refractivity contribution in [2.45, 2.75) is 24.6 Å². The number of aliphatic carboxylic acids is 1. The van der Waals surface area contributed by atoms with Crippen molar-refractivity contribution in [3.63, 3.8) is 0 Å². The van der Waals surface area contributed by atoms with Crippen molar-refractivity contribution in [3.05, 3.63) is 54.4 Å². The lowest BCUT2D eigenvalue weighted by Crippen LogP contribution is -2.66. The molecule has 0 saturated carbocycles. The van der Waals surface area contributed by atoms with Gasteiger partial charge in [-0.15, -0.1) is 0 Å². The van der Waals surface area contributed by atoms with Crippen molar-refractivity contribution in [1.29, 1.82) is 0 Å². The molecule has 0 radical (unpaired) electrons. The molecule has 2 aliphatic heterocycles. The molecular weight excluding hydrogens is 459 g/mol. The number of carbonyl (C=O) groups excluding carboxylic acids is 2. The first kappa shape index (κ1) is 25.0. The van der Waals surface area contributed by atoms with Gasteiger partial charge in [-0.2, -0.15) is 13.2 Å². The Morgan fingerprint density at radius 2 is 1.82 bits per heavy atom. The molecule has 10 nitrogen and oxygen atoms in total. The highest BCUT2D eigenvalue weighted by atomic mass is 19.4. The van der Waals surface area contributed by atoms with E-state index in [4.69, 9.17) is 14.6 Å². The fraction of sp³-hybridized carbons (Fsp3) is 0.429. The number of likely N-dealkylation sites (tertiary alicyclic amines) is 1. The Balaban J connectivity index is 0.000000406. The van der Waals surface area contributed by atoms with Crippen LogP contribution in [0.25, 0.3) is 0 Å². The van der Waals surface area contributed by atoms with E-state index < -0.39 is 12.1 Å². The lowest BCUT2D eigenvalue weighted by Gasteiger charge is -2.50. The molecule has 2 aromatic heterocycles. The first-order valence-electron chi connectivity index (χ1n) is 10.3. The molecule has 1 unspecified atom stereocenters. The number of hydrogen-bond acceptors (Lipinski definition) is 7. The van der Waals surface area contributed by atoms with Crippen LogP contribution in [0.3, 0.4) is 0 Å². The highest BCUT2D eigenvalue weighted by Crippen LogP contribution is 2.41. The molecule has 2 N–H and O–H groups in total. The van der Waals surface area contributed by atoms with Crippen LogP contribution in [0.2, 0.25) is 0 Å². The summed E-state index contributed by atoms with van der Waals surface area (Å²) in [4.78, 5) is 47.1. The standard InChI is InChI=1S/C19H21N5O3.C2HF3O2/c25-17(14-1-5-20-6-2-14)23-7-3-15-4-10-27-19(15)12-24(13-19)18(26)16-11-21-8-9-22-16;3-2(4,5)1(6)7/h1-2,5-6,8-9,11,15H,3-4,7,10,12-13H2,(H,23,25);(H,6,7). The number of rotatable bonds is 5. The number of hydrogen-bond donors (Lipinski definition) is 2. The topological polar surface area (TPSA) is 135 Å². The lowest BCUT2D eigenvalue weighted by atomic mass is 9.78. The summed E-state index contributed by atoms with van der Waals surface area (Å²) in [5, 5.41) is 10.1. The Morgan fingerprint density at radius 3 is 2.41 bits per heavy atom. The average molecular weight is 481 g/mol. The van der Waals surface area contributed by atoms with Crippen LogP contribution in [0, 0.1) is 5.92 Å². The second kappa shape index (κ2) is 10.5. The second-order valence-corrected chi connectivity index (χ2v) is 7.73. The summed E-state index contributed by atoms with van der Waals surface area (Å²) >= 11 is 0. The molecule has 4 rings (SSSR count). The Bertz CT molecular complexity index is 1000. The zero-order valence-corrected chi connectivity index (χ0v) is 17.9. The van der Waals surface area contributed by atoms with E-state index in [2.05, 4.69) is 20.3 Å². The van der Waals surface area contributed by atoms with Crippen LogP contribution in [0.4, 0.5) is 13.2 Å². The van der Waals surface area contributed by atoms with E-state index >= 15 is 0 Å². The van der Waals surface area contributed by atoms with E-state index in [0.29, 0.717) is 43.4 Å². The second-order valence-electron chi connectivity index (χ2n) is 7.73. The third-order valence-electron chi connectivity index (χ3n) is 5.55. The average Bonchev–Trinajstić information content (AvgIpc) is 3.22. The highest BCUT2D eigenvalue weighted by Gasteiger charge is 2.54. The van der Waals surface area contributed by atoms with Crippen LogP contribution in [0.5, 0.6) is 0 Å². The number of carboxylic acids is 1. The SMILES string of the molecule is O=C(NCCC1CCOC12CN(C(=O)c1cnccn1)C2)c1ccncc1.O=C(O)C(F)(F)F. The Hall–Kier alpha value is -3.61. The zero-order chi connectivity index (χ0) is 24.8. The highest BCUT2D eigenvalue weighted by molar-refractivity contribution is 5.94. The predicted octanol–water partition coefficient (Wildman–Crippen LogP) is 1.56. The Labute approximate surface area is 192 Å². The van der Waals surface area contributed by atoms with Crippen LogP contribution >= 0.6 is 0 Å². The van der Waals surface area contributed by atoms with E-state index in [1.54, 1.807) is 35.6 Å². The van der Waals surface area contributed by atoms with Crippen molar-refractivity contribution < 1.29 is 37.4 Å². The number of ether oxygens (including phenoxy) is 1. The number of pyridine rings is 1. The van der Waals surface area contributed by atoms with Gasteiger partial charge >= 0.3 is 12.1 Å². The number of nitrogens with zero attached hydrogens (tertiary/aromatic N) is 4. The molecule has 2 aliphatic rings. The van der Waals surface area contributed by atoms with Gasteiger partial charge in [0.25, 0.3) is 11.8 Å². The Kier molecular flexibility index (Phi) is 7.76. The van der Waals surface area contributed by atoms with Gasteiger partial charge in [0.2, 0.25) is 0 Å². The van der Waals surface area contributed by atoms with Crippen molar-refractivity contribution in [2.75, 3.05) is 26.2 Å². The molecule has 2 fully saturated rings. The fourth-order valence-electron chi connectivity index (χ4n) is 3.82. The number of amides is 2. The smallest absolute Gasteiger partial charge is 0.475 e. The third kappa shape index (κ3) is 6.04. The van der Waals surface area contributed by atoms with Gasteiger partial charge < -0.3 is 20.1 Å². The number of halogens is 3. The monoisotopic (exact) mass is 481 g/mol. The van der Waals surface area contributed by atoms with Gasteiger partial charge in [-0.3, -0.25) is 19.6 Å². The molecule has 1 atom stereocenters. The largest absolute Gasteiger partial charge is 0.490 e. The first-order valence-corrected chi connectivity index (χ1v) is 10.3. The third-order valence-corrected chi connectivity index (χ3v) is 5.55. The molecule has 13 heteroatoms. The van der Waals surface area contributed by atoms with E-state index in [-0.39, 0.29) is 17.4 Å². The van der Waals surface area contributed by atoms with Crippen LogP contribution in [-0.2, 0) is 9.53 Å². The van der Waals surface area contributed by atoms with Crippen LogP contribution in [-0.4, -0.2) is 80.8 Å². The minimum atomic E-state index is -5.08. The zero-order valence-electron chi connectivity index (χ0n) is 17.9. The van der Waals surface area contributed by atoms with Gasteiger partial charge in [0.1, 0.15) is 11.3 Å². The van der Waals surface area contributed by atoms with Crippen molar-refractivity contribution >= 4 is 17.8 Å². The summed E-state index contributed by atoms with van der Waals surface area (Å²) < 4.78 is 37.7. The molecule has 34 heavy (non-hydrogen) atoms. The summed E-state index contributed by atoms with van der Waals surface area (Å²) in [6.45, 7) is 2.39. The normalized spacial score (nSPS) is 18.4. The van der Waals surface area contributed by atoms with E-state index in [1.807, 2.05) is 0 Å². The molecule has 0 bridgehead atoms. The summed E-state index contributed by atoms with van der Waals surface area (Å²) in [7, 11) is 0. The minimum absolute atomic E-state index is 0.0987. The van der Waals surface area contributed by atoms with Crippen molar-refractivity contribution in [2.24, 2.45) is 5.92 Å². The van der Waals surface area contributed by atoms with Gasteiger partial charge in [-0.05, 0) is 30.9 Å². The van der Waals surface area contributed by atoms with Crippen molar-refractivity contribution in [1.82, 2.24) is 25.2 Å². The Morgan fingerprint density at radius 1 is 1.15 bits per heavy atom. The summed E-state index contributed by atoms with van der Waals surface area (Å²) in [6, 6.07) is 3.38. The first-order chi connectivity index (χ1) is 16.1. The van der Waals surface area contributed by atoms with Gasteiger partial charge in [0.15, 0.2) is 0 Å². The number of nitrogens with one attached hydrogen (secondary N) is 1. The van der Waals surface area contributed by atoms with Gasteiger partial charge in [-0.1, -0.05) is 0 Å². The summed E-state index contributed by atoms with van der Waals surface area (Å²) in [6.07, 6.45) is 4.43. The fourth-order valence-corrected chi connectivity index (χ4v) is 3.82. The van der Waals surface area contributed by atoms with Crippen LogP contribution < -0.4 is 5.32 Å². The number of carboxylic acid groups (broad SMARTS) is 1. The van der Waals surface area contributed by atoms with Gasteiger partial charge in [0, 0.05) is 43.5 Å². The molecule has 2 amide bonds. The van der Waals surface area contributed by atoms with E-state index in [1.165, 1.54) is 12.4 Å². The van der Waals surface area contributed by atoms with Gasteiger partial charge in [0.05, 0.1) is 19.3 Å². The molecule has 182 valence electrons. The van der Waals surface area contributed by atoms with E-state index in [0.717, 1.165) is 12.8 Å². The molecular formula is C21H22F3N5O5. The van der Waals surface area contributed by atoms with Crippen molar-refractivity contribution in [3.8, 4) is 0 Å². The molecule has 1 spiro atoms. The van der Waals surface area contributed by atoms with Crippen LogP contribution in [0.1, 0.15) is 33.7 Å². The van der Waals surface area contributed by atoms with Gasteiger partial charge in [-0.25, -0.2) is 9.78 Å². The quantitative estimate of drug-likeness (QED) is 0.657. The summed E-state index contributed by atoms with van der Waals surface area (Å²) in [5.41, 5.74) is 0.664. The molecule has 0 aromatic carbocycles. The molecule has 4 heterocycles. The maximum Gasteiger partial charge on any atom is 0.490 e. The lowest BCUT2D eigenvalue weighted by molar-refractivity contribution is -0.192. The van der Waals surface area contributed by atoms with Crippen LogP contribution in [0.15, 0.2) is 43.1 Å². The predicted molar refractivity (Wildman–Crippen MR) is 110 cm³/mol. The number of carbonyl (C=O) groups is 3. The maximum absolute atomic E-state index is 12.4. The molecule has 2 saturated heterocycles. The minimum Gasteiger partial charge on any atom is -0.475 e. The number of aromatic nitrogens is 3. The maximum atomic E-state index is 12.4. The molecule has 0 aliphatic carbocycles. The number of alkyl halides is 3. The molecule has 2 aromatic rings. The summed E-state index contributed by atoms with van der Waals surface area (Å²) in [5.74, 6) is -2.65.